The molecule has 0 aliphatic heterocycles. The van der Waals surface area contributed by atoms with Crippen molar-refractivity contribution in [3.05, 3.63) is 0 Å². The Morgan fingerprint density at radius 2 is 1.50 bits per heavy atom. The Morgan fingerprint density at radius 3 is 2.12 bits per heavy atom. The smallest absolute Gasteiger partial charge is 0.0294 e. The van der Waals surface area contributed by atoms with Gasteiger partial charge in [-0.25, -0.2) is 0 Å². The standard InChI is InChI=1S/C24H42.C2H6/c1-17(6-5-7-19-8-10-23(3)15-21(23)13-19)12-18(2)20-9-11-24(4)16-22(24)14-20;1-2/h17-22H,5-16H2,1-4H3;1-2H3. The molecule has 0 bridgehead atoms. The molecule has 0 N–H and O–H groups in total. The third-order valence-electron chi connectivity index (χ3n) is 9.38. The maximum Gasteiger partial charge on any atom is -0.0294 e. The van der Waals surface area contributed by atoms with Crippen LogP contribution in [0.25, 0.3) is 0 Å². The van der Waals surface area contributed by atoms with Crippen molar-refractivity contribution in [2.45, 2.75) is 119 Å². The van der Waals surface area contributed by atoms with E-state index in [1.54, 1.807) is 32.1 Å². The van der Waals surface area contributed by atoms with Gasteiger partial charge in [-0.1, -0.05) is 60.8 Å². The molecule has 0 heteroatoms. The van der Waals surface area contributed by atoms with Gasteiger partial charge < -0.3 is 0 Å². The van der Waals surface area contributed by atoms with E-state index < -0.39 is 0 Å². The van der Waals surface area contributed by atoms with E-state index >= 15 is 0 Å². The first kappa shape index (κ1) is 20.7. The molecule has 0 aromatic heterocycles. The summed E-state index contributed by atoms with van der Waals surface area (Å²) in [7, 11) is 0. The average molecular weight is 361 g/mol. The second-order valence-corrected chi connectivity index (χ2v) is 11.5. The lowest BCUT2D eigenvalue weighted by molar-refractivity contribution is 0.189. The SMILES string of the molecule is CC.CC(CCCC1CCC2(C)CC2C1)CC(C)C1CCC2(C)CC2C1. The highest BCUT2D eigenvalue weighted by atomic mass is 14.6. The van der Waals surface area contributed by atoms with Gasteiger partial charge >= 0.3 is 0 Å². The number of hydrogen-bond donors (Lipinski definition) is 0. The van der Waals surface area contributed by atoms with Gasteiger partial charge in [0.2, 0.25) is 0 Å². The summed E-state index contributed by atoms with van der Waals surface area (Å²) in [5.41, 5.74) is 1.59. The van der Waals surface area contributed by atoms with Crippen LogP contribution in [-0.4, -0.2) is 0 Å². The molecule has 26 heavy (non-hydrogen) atoms. The largest absolute Gasteiger partial charge is 0.0683 e. The highest BCUT2D eigenvalue weighted by Gasteiger charge is 2.53. The lowest BCUT2D eigenvalue weighted by atomic mass is 9.74. The van der Waals surface area contributed by atoms with Crippen LogP contribution in [0.4, 0.5) is 0 Å². The quantitative estimate of drug-likeness (QED) is 0.427. The molecule has 0 aromatic rings. The van der Waals surface area contributed by atoms with Gasteiger partial charge in [-0.3, -0.25) is 0 Å². The van der Waals surface area contributed by atoms with Crippen LogP contribution < -0.4 is 0 Å². The molecule has 0 spiro atoms. The first-order valence-electron chi connectivity index (χ1n) is 12.4. The van der Waals surface area contributed by atoms with E-state index in [0.717, 1.165) is 46.3 Å². The van der Waals surface area contributed by atoms with E-state index in [1.807, 2.05) is 13.8 Å². The monoisotopic (exact) mass is 360 g/mol. The highest BCUT2D eigenvalue weighted by molar-refractivity contribution is 5.03. The fourth-order valence-electron chi connectivity index (χ4n) is 6.89. The van der Waals surface area contributed by atoms with Crippen LogP contribution in [0.1, 0.15) is 119 Å². The summed E-state index contributed by atoms with van der Waals surface area (Å²) in [6.07, 6.45) is 18.4. The van der Waals surface area contributed by atoms with Gasteiger partial charge in [0, 0.05) is 0 Å². The molecule has 152 valence electrons. The van der Waals surface area contributed by atoms with Crippen LogP contribution in [0.15, 0.2) is 0 Å². The van der Waals surface area contributed by atoms with E-state index in [4.69, 9.17) is 0 Å². The predicted octanol–water partition coefficient (Wildman–Crippen LogP) is 8.50. The number of rotatable bonds is 7. The Hall–Kier alpha value is 0. The fraction of sp³-hybridized carbons (Fsp3) is 1.00. The molecule has 0 amide bonds. The van der Waals surface area contributed by atoms with Gasteiger partial charge in [-0.2, -0.15) is 0 Å². The van der Waals surface area contributed by atoms with E-state index in [9.17, 15) is 0 Å². The van der Waals surface area contributed by atoms with Crippen molar-refractivity contribution in [3.8, 4) is 0 Å². The van der Waals surface area contributed by atoms with Crippen LogP contribution in [0.2, 0.25) is 0 Å². The minimum absolute atomic E-state index is 0.791. The van der Waals surface area contributed by atoms with Crippen molar-refractivity contribution in [2.75, 3.05) is 0 Å². The Bertz CT molecular complexity index is 453. The molecule has 4 saturated carbocycles. The van der Waals surface area contributed by atoms with Crippen LogP contribution in [0.5, 0.6) is 0 Å². The van der Waals surface area contributed by atoms with E-state index in [2.05, 4.69) is 27.7 Å². The van der Waals surface area contributed by atoms with Crippen molar-refractivity contribution in [3.63, 3.8) is 0 Å². The zero-order chi connectivity index (χ0) is 18.9. The zero-order valence-corrected chi connectivity index (χ0v) is 18.9. The summed E-state index contributed by atoms with van der Waals surface area (Å²) in [4.78, 5) is 0. The van der Waals surface area contributed by atoms with Gasteiger partial charge in [-0.05, 0) is 104 Å². The van der Waals surface area contributed by atoms with Crippen molar-refractivity contribution >= 4 is 0 Å². The molecule has 8 atom stereocenters. The molecule has 4 aliphatic carbocycles. The number of hydrogen-bond acceptors (Lipinski definition) is 0. The summed E-state index contributed by atoms with van der Waals surface area (Å²) in [5, 5.41) is 0. The zero-order valence-electron chi connectivity index (χ0n) is 18.9. The molecule has 0 nitrogen and oxygen atoms in total. The third-order valence-corrected chi connectivity index (χ3v) is 9.38. The van der Waals surface area contributed by atoms with Gasteiger partial charge in [0.25, 0.3) is 0 Å². The summed E-state index contributed by atoms with van der Waals surface area (Å²) in [6.45, 7) is 14.2. The molecular weight excluding hydrogens is 312 g/mol. The Kier molecular flexibility index (Phi) is 6.51. The lowest BCUT2D eigenvalue weighted by Crippen LogP contribution is -2.21. The molecule has 4 rings (SSSR count). The molecule has 0 radical (unpaired) electrons. The van der Waals surface area contributed by atoms with Gasteiger partial charge in [0.05, 0.1) is 0 Å². The Balaban J connectivity index is 0.000000948. The van der Waals surface area contributed by atoms with Crippen LogP contribution >= 0.6 is 0 Å². The fourth-order valence-corrected chi connectivity index (χ4v) is 6.89. The van der Waals surface area contributed by atoms with Crippen molar-refractivity contribution in [2.24, 2.45) is 46.3 Å². The summed E-state index contributed by atoms with van der Waals surface area (Å²) < 4.78 is 0. The van der Waals surface area contributed by atoms with E-state index in [0.29, 0.717) is 0 Å². The average Bonchev–Trinajstić information content (AvgIpc) is 3.48. The topological polar surface area (TPSA) is 0 Å². The Labute approximate surface area is 165 Å². The molecule has 0 heterocycles. The highest BCUT2D eigenvalue weighted by Crippen LogP contribution is 2.63. The van der Waals surface area contributed by atoms with Crippen molar-refractivity contribution in [1.29, 1.82) is 0 Å². The van der Waals surface area contributed by atoms with Crippen LogP contribution in [0.3, 0.4) is 0 Å². The molecule has 4 aliphatic rings. The first-order chi connectivity index (χ1) is 12.4. The molecular formula is C26H48. The molecule has 8 unspecified atom stereocenters. The summed E-state index contributed by atoms with van der Waals surface area (Å²) >= 11 is 0. The van der Waals surface area contributed by atoms with Gasteiger partial charge in [0.1, 0.15) is 0 Å². The Morgan fingerprint density at radius 1 is 0.885 bits per heavy atom. The van der Waals surface area contributed by atoms with Crippen LogP contribution in [-0.2, 0) is 0 Å². The molecule has 0 aromatic carbocycles. The van der Waals surface area contributed by atoms with Crippen molar-refractivity contribution < 1.29 is 0 Å². The predicted molar refractivity (Wildman–Crippen MR) is 115 cm³/mol. The van der Waals surface area contributed by atoms with Gasteiger partial charge in [-0.15, -0.1) is 0 Å². The van der Waals surface area contributed by atoms with E-state index in [-0.39, 0.29) is 0 Å². The summed E-state index contributed by atoms with van der Waals surface area (Å²) in [5.74, 6) is 6.30. The minimum Gasteiger partial charge on any atom is -0.0683 e. The lowest BCUT2D eigenvalue weighted by Gasteiger charge is -2.32. The summed E-state index contributed by atoms with van der Waals surface area (Å²) in [6, 6.07) is 0. The molecule has 0 saturated heterocycles. The van der Waals surface area contributed by atoms with Crippen LogP contribution in [0, 0.1) is 46.3 Å². The van der Waals surface area contributed by atoms with E-state index in [1.165, 1.54) is 44.9 Å². The second kappa shape index (κ2) is 8.16. The maximum atomic E-state index is 2.57. The maximum absolute atomic E-state index is 2.57. The third kappa shape index (κ3) is 4.70. The number of fused-ring (bicyclic) bond motifs is 2. The minimum atomic E-state index is 0.791. The molecule has 4 fully saturated rings. The van der Waals surface area contributed by atoms with Gasteiger partial charge in [0.15, 0.2) is 0 Å². The normalized spacial score (nSPS) is 45.5. The first-order valence-corrected chi connectivity index (χ1v) is 12.4. The van der Waals surface area contributed by atoms with Crippen molar-refractivity contribution in [1.82, 2.24) is 0 Å². The second-order valence-electron chi connectivity index (χ2n) is 11.5.